The summed E-state index contributed by atoms with van der Waals surface area (Å²) in [7, 11) is 0. The predicted octanol–water partition coefficient (Wildman–Crippen LogP) is 2.21. The second-order valence-electron chi connectivity index (χ2n) is 2.69. The van der Waals surface area contributed by atoms with E-state index in [0.717, 1.165) is 9.92 Å². The van der Waals surface area contributed by atoms with Gasteiger partial charge in [0.2, 0.25) is 0 Å². The van der Waals surface area contributed by atoms with E-state index in [1.54, 1.807) is 24.2 Å². The Kier molecular flexibility index (Phi) is 2.65. The largest absolute Gasteiger partial charge is 0.382 e. The summed E-state index contributed by atoms with van der Waals surface area (Å²) in [5, 5.41) is 0.852. The van der Waals surface area contributed by atoms with Crippen LogP contribution in [0.15, 0.2) is 52.6 Å². The van der Waals surface area contributed by atoms with Crippen LogP contribution in [0, 0.1) is 0 Å². The van der Waals surface area contributed by atoms with Gasteiger partial charge in [-0.25, -0.2) is 9.97 Å². The maximum Gasteiger partial charge on any atom is 0.141 e. The van der Waals surface area contributed by atoms with Crippen molar-refractivity contribution in [2.45, 2.75) is 9.92 Å². The van der Waals surface area contributed by atoms with Crippen LogP contribution in [-0.4, -0.2) is 9.97 Å². The topological polar surface area (TPSA) is 51.8 Å². The smallest absolute Gasteiger partial charge is 0.141 e. The number of hydrogen-bond acceptors (Lipinski definition) is 4. The summed E-state index contributed by atoms with van der Waals surface area (Å²) in [6.07, 6.45) is 3.23. The minimum atomic E-state index is 0.447. The summed E-state index contributed by atoms with van der Waals surface area (Å²) in [5.41, 5.74) is 5.44. The summed E-state index contributed by atoms with van der Waals surface area (Å²) in [4.78, 5) is 9.26. The molecule has 1 aromatic carbocycles. The van der Waals surface area contributed by atoms with E-state index in [1.807, 2.05) is 30.3 Å². The zero-order valence-electron chi connectivity index (χ0n) is 7.42. The zero-order valence-corrected chi connectivity index (χ0v) is 8.24. The highest BCUT2D eigenvalue weighted by molar-refractivity contribution is 7.99. The fourth-order valence-corrected chi connectivity index (χ4v) is 1.73. The number of aromatic nitrogens is 2. The molecule has 2 rings (SSSR count). The van der Waals surface area contributed by atoms with Gasteiger partial charge < -0.3 is 5.73 Å². The van der Waals surface area contributed by atoms with Crippen molar-refractivity contribution in [1.82, 2.24) is 9.97 Å². The van der Waals surface area contributed by atoms with Gasteiger partial charge >= 0.3 is 0 Å². The summed E-state index contributed by atoms with van der Waals surface area (Å²) in [6, 6.07) is 10.0. The van der Waals surface area contributed by atoms with Crippen LogP contribution in [0.3, 0.4) is 0 Å². The summed E-state index contributed by atoms with van der Waals surface area (Å²) >= 11 is 1.57. The van der Waals surface area contributed by atoms with E-state index in [4.69, 9.17) is 5.73 Å². The lowest BCUT2D eigenvalue weighted by Crippen LogP contribution is -1.91. The van der Waals surface area contributed by atoms with Gasteiger partial charge in [0.1, 0.15) is 10.8 Å². The minimum Gasteiger partial charge on any atom is -0.382 e. The lowest BCUT2D eigenvalue weighted by atomic mass is 10.4. The van der Waals surface area contributed by atoms with Crippen LogP contribution in [0.4, 0.5) is 5.82 Å². The monoisotopic (exact) mass is 203 g/mol. The van der Waals surface area contributed by atoms with Gasteiger partial charge in [-0.1, -0.05) is 30.0 Å². The first kappa shape index (κ1) is 9.02. The Bertz CT molecular complexity index is 399. The second kappa shape index (κ2) is 4.11. The molecule has 1 aromatic heterocycles. The van der Waals surface area contributed by atoms with Crippen LogP contribution in [0.25, 0.3) is 0 Å². The van der Waals surface area contributed by atoms with Crippen LogP contribution < -0.4 is 5.73 Å². The molecule has 2 aromatic rings. The maximum atomic E-state index is 5.44. The lowest BCUT2D eigenvalue weighted by molar-refractivity contribution is 1.06. The number of hydrogen-bond donors (Lipinski definition) is 1. The molecule has 0 unspecified atom stereocenters. The number of nitrogen functional groups attached to an aromatic ring is 1. The fraction of sp³-hybridized carbons (Fsp3) is 0. The van der Waals surface area contributed by atoms with Crippen molar-refractivity contribution < 1.29 is 0 Å². The molecule has 2 N–H and O–H groups in total. The molecular formula is C10H9N3S. The molecule has 0 spiro atoms. The summed E-state index contributed by atoms with van der Waals surface area (Å²) < 4.78 is 0. The van der Waals surface area contributed by atoms with Crippen LogP contribution in [0.1, 0.15) is 0 Å². The molecule has 0 fully saturated rings. The van der Waals surface area contributed by atoms with Crippen LogP contribution >= 0.6 is 11.8 Å². The van der Waals surface area contributed by atoms with Crippen molar-refractivity contribution in [2.24, 2.45) is 0 Å². The first-order chi connectivity index (χ1) is 6.84. The predicted molar refractivity (Wildman–Crippen MR) is 57.0 cm³/mol. The number of nitrogens with two attached hydrogens (primary N) is 1. The molecule has 0 aliphatic rings. The van der Waals surface area contributed by atoms with Gasteiger partial charge in [-0.15, -0.1) is 0 Å². The molecule has 1 heterocycles. The molecular weight excluding hydrogens is 194 g/mol. The third-order valence-electron chi connectivity index (χ3n) is 1.61. The van der Waals surface area contributed by atoms with Gasteiger partial charge in [-0.2, -0.15) is 0 Å². The molecule has 14 heavy (non-hydrogen) atoms. The third-order valence-corrected chi connectivity index (χ3v) is 2.54. The Hall–Kier alpha value is -1.55. The molecule has 0 saturated carbocycles. The molecule has 0 radical (unpaired) electrons. The van der Waals surface area contributed by atoms with Crippen molar-refractivity contribution in [3.8, 4) is 0 Å². The Balaban J connectivity index is 2.16. The molecule has 70 valence electrons. The quantitative estimate of drug-likeness (QED) is 0.813. The molecule has 0 bridgehead atoms. The van der Waals surface area contributed by atoms with Crippen LogP contribution in [0.5, 0.6) is 0 Å². The average molecular weight is 203 g/mol. The first-order valence-electron chi connectivity index (χ1n) is 4.15. The van der Waals surface area contributed by atoms with Gasteiger partial charge in [0.25, 0.3) is 0 Å². The Morgan fingerprint density at radius 1 is 1.00 bits per heavy atom. The third kappa shape index (κ3) is 2.23. The summed E-state index contributed by atoms with van der Waals surface area (Å²) in [6.45, 7) is 0. The van der Waals surface area contributed by atoms with Gasteiger partial charge in [0.15, 0.2) is 0 Å². The highest BCUT2D eigenvalue weighted by Gasteiger charge is 1.97. The van der Waals surface area contributed by atoms with E-state index in [-0.39, 0.29) is 0 Å². The molecule has 0 amide bonds. The van der Waals surface area contributed by atoms with E-state index >= 15 is 0 Å². The van der Waals surface area contributed by atoms with Gasteiger partial charge in [-0.05, 0) is 12.1 Å². The summed E-state index contributed by atoms with van der Waals surface area (Å²) in [5.74, 6) is 0.447. The molecule has 0 aliphatic heterocycles. The Morgan fingerprint density at radius 2 is 1.79 bits per heavy atom. The van der Waals surface area contributed by atoms with Crippen LogP contribution in [-0.2, 0) is 0 Å². The van der Waals surface area contributed by atoms with Gasteiger partial charge in [0, 0.05) is 4.90 Å². The lowest BCUT2D eigenvalue weighted by Gasteiger charge is -1.99. The number of nitrogens with zero attached hydrogens (tertiary/aromatic N) is 2. The van der Waals surface area contributed by atoms with Crippen molar-refractivity contribution in [2.75, 3.05) is 5.73 Å². The highest BCUT2D eigenvalue weighted by Crippen LogP contribution is 2.24. The molecule has 0 atom stereocenters. The molecule has 3 nitrogen and oxygen atoms in total. The zero-order chi connectivity index (χ0) is 9.80. The van der Waals surface area contributed by atoms with E-state index < -0.39 is 0 Å². The SMILES string of the molecule is Nc1cnc(Sc2ccccc2)cn1. The molecule has 0 aliphatic carbocycles. The van der Waals surface area contributed by atoms with Crippen molar-refractivity contribution in [3.63, 3.8) is 0 Å². The maximum absolute atomic E-state index is 5.44. The number of benzene rings is 1. The van der Waals surface area contributed by atoms with E-state index in [9.17, 15) is 0 Å². The average Bonchev–Trinajstić information content (AvgIpc) is 2.23. The fourth-order valence-electron chi connectivity index (χ4n) is 0.988. The van der Waals surface area contributed by atoms with E-state index in [0.29, 0.717) is 5.82 Å². The van der Waals surface area contributed by atoms with Gasteiger partial charge in [-0.3, -0.25) is 0 Å². The molecule has 4 heteroatoms. The van der Waals surface area contributed by atoms with E-state index in [1.165, 1.54) is 0 Å². The van der Waals surface area contributed by atoms with Crippen molar-refractivity contribution in [3.05, 3.63) is 42.7 Å². The van der Waals surface area contributed by atoms with Crippen molar-refractivity contribution in [1.29, 1.82) is 0 Å². The van der Waals surface area contributed by atoms with E-state index in [2.05, 4.69) is 9.97 Å². The second-order valence-corrected chi connectivity index (χ2v) is 3.79. The first-order valence-corrected chi connectivity index (χ1v) is 4.97. The minimum absolute atomic E-state index is 0.447. The van der Waals surface area contributed by atoms with Crippen LogP contribution in [0.2, 0.25) is 0 Å². The number of rotatable bonds is 2. The normalized spacial score (nSPS) is 10.0. The Labute approximate surface area is 86.4 Å². The molecule has 0 saturated heterocycles. The Morgan fingerprint density at radius 3 is 2.43 bits per heavy atom. The van der Waals surface area contributed by atoms with Gasteiger partial charge in [0.05, 0.1) is 12.4 Å². The highest BCUT2D eigenvalue weighted by atomic mass is 32.2. The number of anilines is 1. The van der Waals surface area contributed by atoms with Crippen molar-refractivity contribution >= 4 is 17.6 Å². The standard InChI is InChI=1S/C10H9N3S/c11-9-6-13-10(7-12-9)14-8-4-2-1-3-5-8/h1-7H,(H2,11,12).